The predicted octanol–water partition coefficient (Wildman–Crippen LogP) is 2.83. The number of amides is 2. The smallest absolute Gasteiger partial charge is 0.326 e. The molecule has 21 heavy (non-hydrogen) atoms. The lowest BCUT2D eigenvalue weighted by molar-refractivity contribution is -0.139. The number of hydrogen-bond donors (Lipinski definition) is 3. The van der Waals surface area contributed by atoms with Gasteiger partial charge in [0.2, 0.25) is 0 Å². The summed E-state index contributed by atoms with van der Waals surface area (Å²) in [6.45, 7) is 3.70. The first-order valence-electron chi connectivity index (χ1n) is 6.99. The van der Waals surface area contributed by atoms with E-state index in [1.165, 1.54) is 12.1 Å². The van der Waals surface area contributed by atoms with E-state index in [0.717, 1.165) is 18.4 Å². The number of nitrogens with one attached hydrogen (secondary N) is 2. The summed E-state index contributed by atoms with van der Waals surface area (Å²) >= 11 is 0. The van der Waals surface area contributed by atoms with Gasteiger partial charge in [-0.05, 0) is 31.0 Å². The summed E-state index contributed by atoms with van der Waals surface area (Å²) in [5, 5.41) is 14.1. The van der Waals surface area contributed by atoms with Crippen molar-refractivity contribution < 1.29 is 19.1 Å². The van der Waals surface area contributed by atoms with Gasteiger partial charge in [-0.3, -0.25) is 0 Å². The Balaban J connectivity index is 2.54. The minimum atomic E-state index is -1.05. The maximum atomic E-state index is 12.8. The zero-order valence-corrected chi connectivity index (χ0v) is 12.2. The molecule has 0 aliphatic carbocycles. The normalized spacial score (nSPS) is 13.3. The van der Waals surface area contributed by atoms with Crippen LogP contribution in [0.25, 0.3) is 0 Å². The SMILES string of the molecule is CCCC[C@H](NC(=O)NC(C)c1ccc(F)cc1)C(=O)O. The zero-order chi connectivity index (χ0) is 15.8. The molecule has 0 saturated heterocycles. The van der Waals surface area contributed by atoms with Crippen LogP contribution in [0.4, 0.5) is 9.18 Å². The first kappa shape index (κ1) is 16.9. The molecule has 0 saturated carbocycles. The average molecular weight is 296 g/mol. The van der Waals surface area contributed by atoms with E-state index in [1.54, 1.807) is 19.1 Å². The van der Waals surface area contributed by atoms with Crippen molar-refractivity contribution in [2.24, 2.45) is 0 Å². The van der Waals surface area contributed by atoms with E-state index in [0.29, 0.717) is 6.42 Å². The van der Waals surface area contributed by atoms with E-state index < -0.39 is 18.0 Å². The number of benzene rings is 1. The summed E-state index contributed by atoms with van der Waals surface area (Å²) in [6.07, 6.45) is 1.98. The number of carboxylic acid groups (broad SMARTS) is 1. The minimum absolute atomic E-state index is 0.341. The van der Waals surface area contributed by atoms with Crippen molar-refractivity contribution in [3.8, 4) is 0 Å². The Bertz CT molecular complexity index is 476. The highest BCUT2D eigenvalue weighted by atomic mass is 19.1. The number of rotatable bonds is 7. The van der Waals surface area contributed by atoms with Crippen LogP contribution >= 0.6 is 0 Å². The monoisotopic (exact) mass is 296 g/mol. The van der Waals surface area contributed by atoms with Gasteiger partial charge in [0.15, 0.2) is 0 Å². The molecule has 1 rings (SSSR count). The number of halogens is 1. The Kier molecular flexibility index (Phi) is 6.65. The Morgan fingerprint density at radius 1 is 1.24 bits per heavy atom. The fourth-order valence-electron chi connectivity index (χ4n) is 1.90. The quantitative estimate of drug-likeness (QED) is 0.724. The maximum absolute atomic E-state index is 12.8. The zero-order valence-electron chi connectivity index (χ0n) is 12.2. The van der Waals surface area contributed by atoms with Gasteiger partial charge >= 0.3 is 12.0 Å². The molecule has 0 aromatic heterocycles. The second-order valence-corrected chi connectivity index (χ2v) is 4.92. The Labute approximate surface area is 123 Å². The molecular formula is C15H21FN2O3. The number of carboxylic acids is 1. The second kappa shape index (κ2) is 8.24. The fraction of sp³-hybridized carbons (Fsp3) is 0.467. The number of hydrogen-bond acceptors (Lipinski definition) is 2. The highest BCUT2D eigenvalue weighted by Gasteiger charge is 2.20. The van der Waals surface area contributed by atoms with Crippen LogP contribution < -0.4 is 10.6 Å². The van der Waals surface area contributed by atoms with Crippen molar-refractivity contribution in [2.75, 3.05) is 0 Å². The Morgan fingerprint density at radius 3 is 2.38 bits per heavy atom. The average Bonchev–Trinajstić information content (AvgIpc) is 2.43. The minimum Gasteiger partial charge on any atom is -0.480 e. The van der Waals surface area contributed by atoms with Crippen LogP contribution in [0, 0.1) is 5.82 Å². The van der Waals surface area contributed by atoms with Gasteiger partial charge in [0.1, 0.15) is 11.9 Å². The molecule has 0 aliphatic rings. The lowest BCUT2D eigenvalue weighted by atomic mass is 10.1. The molecule has 1 aromatic carbocycles. The molecule has 0 aliphatic heterocycles. The lowest BCUT2D eigenvalue weighted by Crippen LogP contribution is -2.46. The van der Waals surface area contributed by atoms with E-state index in [9.17, 15) is 14.0 Å². The molecule has 1 unspecified atom stereocenters. The molecule has 0 bridgehead atoms. The molecule has 0 radical (unpaired) electrons. The third-order valence-electron chi connectivity index (χ3n) is 3.17. The number of carbonyl (C=O) groups is 2. The number of carbonyl (C=O) groups excluding carboxylic acids is 1. The highest BCUT2D eigenvalue weighted by Crippen LogP contribution is 2.12. The topological polar surface area (TPSA) is 78.4 Å². The highest BCUT2D eigenvalue weighted by molar-refractivity contribution is 5.82. The number of urea groups is 1. The molecule has 2 atom stereocenters. The summed E-state index contributed by atoms with van der Waals surface area (Å²) in [5.74, 6) is -1.39. The first-order chi connectivity index (χ1) is 9.93. The third kappa shape index (κ3) is 5.81. The summed E-state index contributed by atoms with van der Waals surface area (Å²) in [5.41, 5.74) is 0.743. The summed E-state index contributed by atoms with van der Waals surface area (Å²) in [6, 6.07) is 3.99. The van der Waals surface area contributed by atoms with Crippen LogP contribution in [0.2, 0.25) is 0 Å². The molecule has 0 spiro atoms. The van der Waals surface area contributed by atoms with Crippen LogP contribution in [0.5, 0.6) is 0 Å². The summed E-state index contributed by atoms with van der Waals surface area (Å²) in [4.78, 5) is 22.9. The number of unbranched alkanes of at least 4 members (excludes halogenated alkanes) is 1. The van der Waals surface area contributed by atoms with Crippen LogP contribution in [-0.4, -0.2) is 23.1 Å². The van der Waals surface area contributed by atoms with E-state index in [2.05, 4.69) is 10.6 Å². The van der Waals surface area contributed by atoms with Crippen molar-refractivity contribution in [3.05, 3.63) is 35.6 Å². The van der Waals surface area contributed by atoms with Gasteiger partial charge in [-0.2, -0.15) is 0 Å². The lowest BCUT2D eigenvalue weighted by Gasteiger charge is -2.18. The maximum Gasteiger partial charge on any atom is 0.326 e. The molecule has 6 heteroatoms. The Hall–Kier alpha value is -2.11. The van der Waals surface area contributed by atoms with Crippen molar-refractivity contribution in [3.63, 3.8) is 0 Å². The third-order valence-corrected chi connectivity index (χ3v) is 3.17. The van der Waals surface area contributed by atoms with Gasteiger partial charge in [0.05, 0.1) is 6.04 Å². The van der Waals surface area contributed by atoms with Crippen LogP contribution in [-0.2, 0) is 4.79 Å². The van der Waals surface area contributed by atoms with Crippen molar-refractivity contribution >= 4 is 12.0 Å². The molecule has 2 amide bonds. The number of aliphatic carboxylic acids is 1. The van der Waals surface area contributed by atoms with E-state index >= 15 is 0 Å². The van der Waals surface area contributed by atoms with Crippen molar-refractivity contribution in [2.45, 2.75) is 45.2 Å². The van der Waals surface area contributed by atoms with Crippen molar-refractivity contribution in [1.82, 2.24) is 10.6 Å². The standard InChI is InChI=1S/C15H21FN2O3/c1-3-4-5-13(14(19)20)18-15(21)17-10(2)11-6-8-12(16)9-7-11/h6-10,13H,3-5H2,1-2H3,(H,19,20)(H2,17,18,21)/t10?,13-/m0/s1. The molecule has 0 heterocycles. The van der Waals surface area contributed by atoms with Crippen LogP contribution in [0.3, 0.4) is 0 Å². The first-order valence-corrected chi connectivity index (χ1v) is 6.99. The molecule has 3 N–H and O–H groups in total. The molecule has 0 fully saturated rings. The molecular weight excluding hydrogens is 275 g/mol. The predicted molar refractivity (Wildman–Crippen MR) is 77.4 cm³/mol. The van der Waals surface area contributed by atoms with Gasteiger partial charge in [-0.25, -0.2) is 14.0 Å². The largest absolute Gasteiger partial charge is 0.480 e. The van der Waals surface area contributed by atoms with Gasteiger partial charge in [-0.1, -0.05) is 31.9 Å². The molecule has 1 aromatic rings. The van der Waals surface area contributed by atoms with Gasteiger partial charge in [-0.15, -0.1) is 0 Å². The summed E-state index contributed by atoms with van der Waals surface area (Å²) in [7, 11) is 0. The molecule has 5 nitrogen and oxygen atoms in total. The van der Waals surface area contributed by atoms with E-state index in [-0.39, 0.29) is 11.9 Å². The Morgan fingerprint density at radius 2 is 1.86 bits per heavy atom. The van der Waals surface area contributed by atoms with Crippen molar-refractivity contribution in [1.29, 1.82) is 0 Å². The van der Waals surface area contributed by atoms with Gasteiger partial charge in [0.25, 0.3) is 0 Å². The summed E-state index contributed by atoms with van der Waals surface area (Å²) < 4.78 is 12.8. The van der Waals surface area contributed by atoms with Crippen LogP contribution in [0.15, 0.2) is 24.3 Å². The van der Waals surface area contributed by atoms with Crippen LogP contribution in [0.1, 0.15) is 44.7 Å². The van der Waals surface area contributed by atoms with Gasteiger partial charge < -0.3 is 15.7 Å². The van der Waals surface area contributed by atoms with E-state index in [1.807, 2.05) is 6.92 Å². The fourth-order valence-corrected chi connectivity index (χ4v) is 1.90. The van der Waals surface area contributed by atoms with E-state index in [4.69, 9.17) is 5.11 Å². The molecule has 116 valence electrons. The second-order valence-electron chi connectivity index (χ2n) is 4.92. The van der Waals surface area contributed by atoms with Gasteiger partial charge in [0, 0.05) is 0 Å².